The molecule has 1 aliphatic carbocycles. The van der Waals surface area contributed by atoms with Gasteiger partial charge in [-0.3, -0.25) is 0 Å². The summed E-state index contributed by atoms with van der Waals surface area (Å²) in [7, 11) is 0. The van der Waals surface area contributed by atoms with Crippen molar-refractivity contribution in [2.75, 3.05) is 5.73 Å². The molecular formula is C10H16N4. The first-order valence-corrected chi connectivity index (χ1v) is 5.04. The highest BCUT2D eigenvalue weighted by Crippen LogP contribution is 2.38. The molecule has 0 spiro atoms. The van der Waals surface area contributed by atoms with Gasteiger partial charge in [0.1, 0.15) is 11.6 Å². The van der Waals surface area contributed by atoms with E-state index in [0.717, 1.165) is 17.9 Å². The molecule has 0 bridgehead atoms. The topological polar surface area (TPSA) is 77.8 Å². The zero-order chi connectivity index (χ0) is 10.1. The summed E-state index contributed by atoms with van der Waals surface area (Å²) in [6.07, 6.45) is 3.16. The van der Waals surface area contributed by atoms with Gasteiger partial charge in [0.05, 0.1) is 0 Å². The lowest BCUT2D eigenvalue weighted by molar-refractivity contribution is 0.712. The van der Waals surface area contributed by atoms with E-state index in [2.05, 4.69) is 9.97 Å². The SMILES string of the molecule is CC(N)Cc1cc(N)nc(C2CC2)n1. The molecule has 76 valence electrons. The molecule has 0 aliphatic heterocycles. The molecule has 1 aromatic rings. The van der Waals surface area contributed by atoms with Gasteiger partial charge >= 0.3 is 0 Å². The molecular weight excluding hydrogens is 176 g/mol. The quantitative estimate of drug-likeness (QED) is 0.743. The molecule has 4 N–H and O–H groups in total. The van der Waals surface area contributed by atoms with E-state index in [9.17, 15) is 0 Å². The van der Waals surface area contributed by atoms with E-state index >= 15 is 0 Å². The summed E-state index contributed by atoms with van der Waals surface area (Å²) >= 11 is 0. The molecule has 2 rings (SSSR count). The van der Waals surface area contributed by atoms with Crippen molar-refractivity contribution in [2.45, 2.75) is 38.1 Å². The average molecular weight is 192 g/mol. The van der Waals surface area contributed by atoms with Gasteiger partial charge in [-0.2, -0.15) is 0 Å². The summed E-state index contributed by atoms with van der Waals surface area (Å²) in [5, 5.41) is 0. The third-order valence-electron chi connectivity index (χ3n) is 2.29. The van der Waals surface area contributed by atoms with Gasteiger partial charge in [0.15, 0.2) is 0 Å². The molecule has 1 heterocycles. The van der Waals surface area contributed by atoms with E-state index in [-0.39, 0.29) is 6.04 Å². The van der Waals surface area contributed by atoms with E-state index < -0.39 is 0 Å². The highest BCUT2D eigenvalue weighted by Gasteiger charge is 2.27. The van der Waals surface area contributed by atoms with Crippen LogP contribution in [0.2, 0.25) is 0 Å². The van der Waals surface area contributed by atoms with Crippen molar-refractivity contribution >= 4 is 5.82 Å². The summed E-state index contributed by atoms with van der Waals surface area (Å²) in [5.41, 5.74) is 12.4. The zero-order valence-electron chi connectivity index (χ0n) is 8.40. The highest BCUT2D eigenvalue weighted by molar-refractivity contribution is 5.31. The maximum Gasteiger partial charge on any atom is 0.134 e. The van der Waals surface area contributed by atoms with Crippen LogP contribution in [-0.4, -0.2) is 16.0 Å². The van der Waals surface area contributed by atoms with E-state index in [1.165, 1.54) is 12.8 Å². The summed E-state index contributed by atoms with van der Waals surface area (Å²) in [6, 6.07) is 1.94. The Hall–Kier alpha value is -1.16. The van der Waals surface area contributed by atoms with Crippen LogP contribution in [0.3, 0.4) is 0 Å². The number of aromatic nitrogens is 2. The van der Waals surface area contributed by atoms with Gasteiger partial charge in [0.25, 0.3) is 0 Å². The van der Waals surface area contributed by atoms with Gasteiger partial charge < -0.3 is 11.5 Å². The van der Waals surface area contributed by atoms with E-state index in [1.807, 2.05) is 13.0 Å². The van der Waals surface area contributed by atoms with Crippen LogP contribution in [0.4, 0.5) is 5.82 Å². The Morgan fingerprint density at radius 3 is 2.79 bits per heavy atom. The molecule has 1 unspecified atom stereocenters. The standard InChI is InChI=1S/C10H16N4/c1-6(11)4-8-5-9(12)14-10(13-8)7-2-3-7/h5-7H,2-4,11H2,1H3,(H2,12,13,14). The van der Waals surface area contributed by atoms with Crippen LogP contribution >= 0.6 is 0 Å². The Morgan fingerprint density at radius 1 is 1.50 bits per heavy atom. The maximum absolute atomic E-state index is 5.72. The number of nitrogens with two attached hydrogens (primary N) is 2. The van der Waals surface area contributed by atoms with Gasteiger partial charge in [-0.15, -0.1) is 0 Å². The molecule has 1 atom stereocenters. The van der Waals surface area contributed by atoms with E-state index in [0.29, 0.717) is 11.7 Å². The lowest BCUT2D eigenvalue weighted by Crippen LogP contribution is -2.19. The third kappa shape index (κ3) is 2.20. The summed E-state index contributed by atoms with van der Waals surface area (Å²) in [5.74, 6) is 2.02. The second-order valence-corrected chi connectivity index (χ2v) is 4.10. The van der Waals surface area contributed by atoms with Crippen molar-refractivity contribution in [3.8, 4) is 0 Å². The Balaban J connectivity index is 2.22. The smallest absolute Gasteiger partial charge is 0.134 e. The lowest BCUT2D eigenvalue weighted by Gasteiger charge is -2.06. The minimum atomic E-state index is 0.122. The average Bonchev–Trinajstić information content (AvgIpc) is 2.82. The van der Waals surface area contributed by atoms with Crippen molar-refractivity contribution in [1.29, 1.82) is 0 Å². The minimum Gasteiger partial charge on any atom is -0.384 e. The van der Waals surface area contributed by atoms with Crippen molar-refractivity contribution in [2.24, 2.45) is 5.73 Å². The van der Waals surface area contributed by atoms with Crippen LogP contribution in [0.5, 0.6) is 0 Å². The minimum absolute atomic E-state index is 0.122. The normalized spacial score (nSPS) is 18.1. The number of nitrogen functional groups attached to an aromatic ring is 1. The molecule has 0 amide bonds. The fourth-order valence-electron chi connectivity index (χ4n) is 1.50. The number of rotatable bonds is 3. The van der Waals surface area contributed by atoms with Crippen molar-refractivity contribution in [3.05, 3.63) is 17.6 Å². The first-order valence-electron chi connectivity index (χ1n) is 5.04. The van der Waals surface area contributed by atoms with Gasteiger partial charge in [0, 0.05) is 30.1 Å². The summed E-state index contributed by atoms with van der Waals surface area (Å²) in [4.78, 5) is 8.69. The van der Waals surface area contributed by atoms with Gasteiger partial charge in [-0.05, 0) is 19.8 Å². The molecule has 1 saturated carbocycles. The van der Waals surface area contributed by atoms with Crippen LogP contribution in [-0.2, 0) is 6.42 Å². The molecule has 0 aromatic carbocycles. The third-order valence-corrected chi connectivity index (χ3v) is 2.29. The molecule has 14 heavy (non-hydrogen) atoms. The van der Waals surface area contributed by atoms with Crippen molar-refractivity contribution in [1.82, 2.24) is 9.97 Å². The predicted octanol–water partition coefficient (Wildman–Crippen LogP) is 0.826. The Morgan fingerprint density at radius 2 is 2.21 bits per heavy atom. The largest absolute Gasteiger partial charge is 0.384 e. The van der Waals surface area contributed by atoms with Crippen LogP contribution < -0.4 is 11.5 Å². The van der Waals surface area contributed by atoms with E-state index in [4.69, 9.17) is 11.5 Å². The van der Waals surface area contributed by atoms with E-state index in [1.54, 1.807) is 0 Å². The van der Waals surface area contributed by atoms with Crippen LogP contribution in [0.1, 0.15) is 37.2 Å². The monoisotopic (exact) mass is 192 g/mol. The van der Waals surface area contributed by atoms with Gasteiger partial charge in [-0.25, -0.2) is 9.97 Å². The Labute approximate surface area is 83.7 Å². The highest BCUT2D eigenvalue weighted by atomic mass is 15.0. The Bertz CT molecular complexity index is 331. The lowest BCUT2D eigenvalue weighted by atomic mass is 10.2. The van der Waals surface area contributed by atoms with Crippen LogP contribution in [0.25, 0.3) is 0 Å². The van der Waals surface area contributed by atoms with Crippen LogP contribution in [0, 0.1) is 0 Å². The fourth-order valence-corrected chi connectivity index (χ4v) is 1.50. The molecule has 1 aliphatic rings. The summed E-state index contributed by atoms with van der Waals surface area (Å²) in [6.45, 7) is 1.97. The summed E-state index contributed by atoms with van der Waals surface area (Å²) < 4.78 is 0. The Kier molecular flexibility index (Phi) is 2.37. The number of anilines is 1. The van der Waals surface area contributed by atoms with Crippen molar-refractivity contribution < 1.29 is 0 Å². The molecule has 0 saturated heterocycles. The molecule has 4 heteroatoms. The molecule has 4 nitrogen and oxygen atoms in total. The number of hydrogen-bond donors (Lipinski definition) is 2. The fraction of sp³-hybridized carbons (Fsp3) is 0.600. The number of hydrogen-bond acceptors (Lipinski definition) is 4. The maximum atomic E-state index is 5.72. The van der Waals surface area contributed by atoms with Crippen molar-refractivity contribution in [3.63, 3.8) is 0 Å². The zero-order valence-corrected chi connectivity index (χ0v) is 8.40. The van der Waals surface area contributed by atoms with Gasteiger partial charge in [0.2, 0.25) is 0 Å². The first-order chi connectivity index (χ1) is 6.65. The predicted molar refractivity (Wildman–Crippen MR) is 55.8 cm³/mol. The first kappa shape index (κ1) is 9.40. The van der Waals surface area contributed by atoms with Crippen LogP contribution in [0.15, 0.2) is 6.07 Å². The second kappa shape index (κ2) is 3.53. The molecule has 1 fully saturated rings. The second-order valence-electron chi connectivity index (χ2n) is 4.10. The molecule has 0 radical (unpaired) electrons. The van der Waals surface area contributed by atoms with Gasteiger partial charge in [-0.1, -0.05) is 0 Å². The number of nitrogens with zero attached hydrogens (tertiary/aromatic N) is 2. The molecule has 1 aromatic heterocycles.